The van der Waals surface area contributed by atoms with E-state index >= 15 is 0 Å². The summed E-state index contributed by atoms with van der Waals surface area (Å²) < 4.78 is 0. The third kappa shape index (κ3) is 4.89. The van der Waals surface area contributed by atoms with E-state index in [1.54, 1.807) is 6.21 Å². The summed E-state index contributed by atoms with van der Waals surface area (Å²) in [6, 6.07) is 18.8. The molecule has 2 aromatic rings. The first-order valence-corrected chi connectivity index (χ1v) is 9.13. The van der Waals surface area contributed by atoms with Gasteiger partial charge in [0.2, 0.25) is 0 Å². The number of hydrogen-bond donors (Lipinski definition) is 2. The van der Waals surface area contributed by atoms with E-state index in [0.717, 1.165) is 29.9 Å². The molecule has 6 heteroatoms. The highest BCUT2D eigenvalue weighted by atomic mass is 32.1. The molecule has 3 rings (SSSR count). The topological polar surface area (TPSA) is 52.0 Å². The summed E-state index contributed by atoms with van der Waals surface area (Å²) in [7, 11) is 0. The van der Waals surface area contributed by atoms with Crippen molar-refractivity contribution in [2.24, 2.45) is 10.2 Å². The van der Waals surface area contributed by atoms with Gasteiger partial charge in [0.15, 0.2) is 5.11 Å². The predicted molar refractivity (Wildman–Crippen MR) is 113 cm³/mol. The second-order valence-electron chi connectivity index (χ2n) is 6.38. The highest BCUT2D eigenvalue weighted by molar-refractivity contribution is 7.80. The van der Waals surface area contributed by atoms with E-state index in [4.69, 9.17) is 17.3 Å². The zero-order chi connectivity index (χ0) is 18.4. The Morgan fingerprint density at radius 2 is 1.88 bits per heavy atom. The molecule has 2 N–H and O–H groups in total. The molecule has 0 radical (unpaired) electrons. The first-order chi connectivity index (χ1) is 12.6. The minimum atomic E-state index is 0.284. The number of anilines is 1. The predicted octanol–water partition coefficient (Wildman–Crippen LogP) is 3.51. The second-order valence-corrected chi connectivity index (χ2v) is 6.78. The lowest BCUT2D eigenvalue weighted by molar-refractivity contribution is 0.720. The molecule has 0 bridgehead atoms. The molecule has 1 aliphatic heterocycles. The maximum Gasteiger partial charge on any atom is 0.187 e. The molecule has 26 heavy (non-hydrogen) atoms. The van der Waals surface area contributed by atoms with E-state index in [-0.39, 0.29) is 6.04 Å². The molecular formula is C20H23N5S. The maximum absolute atomic E-state index is 5.13. The van der Waals surface area contributed by atoms with Crippen LogP contribution < -0.4 is 15.8 Å². The molecule has 1 aliphatic rings. The molecule has 0 fully saturated rings. The van der Waals surface area contributed by atoms with Gasteiger partial charge in [-0.1, -0.05) is 42.5 Å². The average Bonchev–Trinajstić information content (AvgIpc) is 3.12. The summed E-state index contributed by atoms with van der Waals surface area (Å²) in [6.45, 7) is 4.95. The number of rotatable bonds is 5. The van der Waals surface area contributed by atoms with Crippen LogP contribution in [0.2, 0.25) is 0 Å². The molecular weight excluding hydrogens is 342 g/mol. The minimum absolute atomic E-state index is 0.284. The fourth-order valence-corrected chi connectivity index (χ4v) is 2.96. The Balaban J connectivity index is 1.60. The lowest BCUT2D eigenvalue weighted by atomic mass is 10.1. The second kappa shape index (κ2) is 8.58. The third-order valence-electron chi connectivity index (χ3n) is 3.90. The molecule has 2 aromatic carbocycles. The number of nitrogens with zero attached hydrogens (tertiary/aromatic N) is 3. The van der Waals surface area contributed by atoms with Crippen molar-refractivity contribution in [1.82, 2.24) is 10.7 Å². The van der Waals surface area contributed by atoms with Gasteiger partial charge in [-0.05, 0) is 49.3 Å². The summed E-state index contributed by atoms with van der Waals surface area (Å²) >= 11 is 5.13. The Kier molecular flexibility index (Phi) is 5.96. The molecule has 134 valence electrons. The SMILES string of the molecule is CC(C)NC(=S)N/N=C/c1ccc(N2CCC(c3ccccc3)=N2)cc1. The standard InChI is InChI=1S/C20H23N5S/c1-15(2)22-20(26)23-21-14-16-8-10-18(11-9-16)25-13-12-19(24-25)17-6-4-3-5-7-17/h3-11,14-15H,12-13H2,1-2H3,(H2,22,23,26)/b21-14+. The van der Waals surface area contributed by atoms with Gasteiger partial charge in [-0.3, -0.25) is 10.4 Å². The molecule has 0 aliphatic carbocycles. The van der Waals surface area contributed by atoms with Crippen LogP contribution in [0.5, 0.6) is 0 Å². The highest BCUT2D eigenvalue weighted by Gasteiger charge is 2.16. The monoisotopic (exact) mass is 365 g/mol. The van der Waals surface area contributed by atoms with E-state index in [0.29, 0.717) is 5.11 Å². The van der Waals surface area contributed by atoms with Gasteiger partial charge in [-0.2, -0.15) is 10.2 Å². The Morgan fingerprint density at radius 3 is 2.58 bits per heavy atom. The largest absolute Gasteiger partial charge is 0.359 e. The molecule has 0 saturated carbocycles. The molecule has 0 atom stereocenters. The molecule has 1 heterocycles. The van der Waals surface area contributed by atoms with Gasteiger partial charge < -0.3 is 5.32 Å². The van der Waals surface area contributed by atoms with Crippen LogP contribution in [0.1, 0.15) is 31.4 Å². The number of benzene rings is 2. The van der Waals surface area contributed by atoms with E-state index in [9.17, 15) is 0 Å². The normalized spacial score (nSPS) is 14.0. The van der Waals surface area contributed by atoms with Gasteiger partial charge in [0.05, 0.1) is 17.6 Å². The summed E-state index contributed by atoms with van der Waals surface area (Å²) in [5.41, 5.74) is 7.22. The van der Waals surface area contributed by atoms with E-state index in [1.807, 2.05) is 49.2 Å². The first-order valence-electron chi connectivity index (χ1n) is 8.72. The van der Waals surface area contributed by atoms with Crippen LogP contribution in [-0.2, 0) is 0 Å². The Morgan fingerprint density at radius 1 is 1.15 bits per heavy atom. The fourth-order valence-electron chi connectivity index (χ4n) is 2.67. The zero-order valence-corrected chi connectivity index (χ0v) is 15.8. The quantitative estimate of drug-likeness (QED) is 0.484. The highest BCUT2D eigenvalue weighted by Crippen LogP contribution is 2.21. The van der Waals surface area contributed by atoms with Crippen molar-refractivity contribution < 1.29 is 0 Å². The first kappa shape index (κ1) is 18.1. The number of hydrazone groups is 2. The van der Waals surface area contributed by atoms with Gasteiger partial charge in [-0.25, -0.2) is 0 Å². The number of thiocarbonyl (C=S) groups is 1. The Bertz CT molecular complexity index is 797. The molecule has 0 spiro atoms. The zero-order valence-electron chi connectivity index (χ0n) is 15.0. The van der Waals surface area contributed by atoms with Crippen LogP contribution in [-0.4, -0.2) is 29.6 Å². The third-order valence-corrected chi connectivity index (χ3v) is 4.11. The van der Waals surface area contributed by atoms with Crippen molar-refractivity contribution in [3.8, 4) is 0 Å². The van der Waals surface area contributed by atoms with Crippen molar-refractivity contribution >= 4 is 34.9 Å². The lowest BCUT2D eigenvalue weighted by Crippen LogP contribution is -2.36. The van der Waals surface area contributed by atoms with Crippen molar-refractivity contribution in [3.63, 3.8) is 0 Å². The molecule has 0 aromatic heterocycles. The smallest absolute Gasteiger partial charge is 0.187 e. The van der Waals surface area contributed by atoms with Crippen molar-refractivity contribution in [2.45, 2.75) is 26.3 Å². The summed E-state index contributed by atoms with van der Waals surface area (Å²) in [5, 5.41) is 14.5. The lowest BCUT2D eigenvalue weighted by Gasteiger charge is -2.13. The van der Waals surface area contributed by atoms with Crippen LogP contribution in [0.4, 0.5) is 5.69 Å². The Labute approximate surface area is 159 Å². The summed E-state index contributed by atoms with van der Waals surface area (Å²) in [6.07, 6.45) is 2.71. The van der Waals surface area contributed by atoms with Gasteiger partial charge in [-0.15, -0.1) is 0 Å². The van der Waals surface area contributed by atoms with Gasteiger partial charge in [0.25, 0.3) is 0 Å². The molecule has 0 amide bonds. The van der Waals surface area contributed by atoms with Crippen molar-refractivity contribution in [3.05, 3.63) is 65.7 Å². The Hall–Kier alpha value is -2.73. The molecule has 0 unspecified atom stereocenters. The van der Waals surface area contributed by atoms with Crippen LogP contribution in [0.25, 0.3) is 0 Å². The van der Waals surface area contributed by atoms with Crippen LogP contribution in [0.15, 0.2) is 64.8 Å². The maximum atomic E-state index is 5.13. The van der Waals surface area contributed by atoms with Crippen molar-refractivity contribution in [1.29, 1.82) is 0 Å². The van der Waals surface area contributed by atoms with Gasteiger partial charge in [0, 0.05) is 19.0 Å². The average molecular weight is 366 g/mol. The van der Waals surface area contributed by atoms with E-state index < -0.39 is 0 Å². The van der Waals surface area contributed by atoms with Gasteiger partial charge >= 0.3 is 0 Å². The van der Waals surface area contributed by atoms with Crippen molar-refractivity contribution in [2.75, 3.05) is 11.6 Å². The number of nitrogens with one attached hydrogen (secondary N) is 2. The molecule has 5 nitrogen and oxygen atoms in total. The van der Waals surface area contributed by atoms with E-state index in [1.165, 1.54) is 5.56 Å². The van der Waals surface area contributed by atoms with Crippen LogP contribution in [0.3, 0.4) is 0 Å². The summed E-state index contributed by atoms with van der Waals surface area (Å²) in [4.78, 5) is 0. The number of hydrogen-bond acceptors (Lipinski definition) is 4. The van der Waals surface area contributed by atoms with Crippen LogP contribution in [0, 0.1) is 0 Å². The minimum Gasteiger partial charge on any atom is -0.359 e. The van der Waals surface area contributed by atoms with Gasteiger partial charge in [0.1, 0.15) is 0 Å². The summed E-state index contributed by atoms with van der Waals surface area (Å²) in [5.74, 6) is 0. The van der Waals surface area contributed by atoms with Crippen LogP contribution >= 0.6 is 12.2 Å². The molecule has 0 saturated heterocycles. The van der Waals surface area contributed by atoms with E-state index in [2.05, 4.69) is 40.1 Å². The fraction of sp³-hybridized carbons (Fsp3) is 0.250.